The second kappa shape index (κ2) is 8.49. The number of aromatic nitrogens is 1. The number of hydrogen-bond donors (Lipinski definition) is 3. The summed E-state index contributed by atoms with van der Waals surface area (Å²) in [6.45, 7) is 0.204. The molecule has 4 N–H and O–H groups in total. The highest BCUT2D eigenvalue weighted by Gasteiger charge is 2.20. The molecule has 1 aromatic heterocycles. The number of rotatable bonds is 6. The number of carbonyl (C=O) groups is 1. The normalized spacial score (nSPS) is 14.3. The summed E-state index contributed by atoms with van der Waals surface area (Å²) in [5.41, 5.74) is 7.28. The highest BCUT2D eigenvalue weighted by Crippen LogP contribution is 2.26. The Morgan fingerprint density at radius 1 is 1.28 bits per heavy atom. The average Bonchev–Trinajstić information content (AvgIpc) is 3.18. The lowest BCUT2D eigenvalue weighted by Crippen LogP contribution is -2.25. The van der Waals surface area contributed by atoms with Crippen LogP contribution in [0.3, 0.4) is 0 Å². The van der Waals surface area contributed by atoms with Gasteiger partial charge in [0.05, 0.1) is 10.6 Å². The highest BCUT2D eigenvalue weighted by molar-refractivity contribution is 7.90. The molecule has 1 aromatic carbocycles. The number of pyridine rings is 1. The van der Waals surface area contributed by atoms with E-state index in [4.69, 9.17) is 5.73 Å². The fourth-order valence-electron chi connectivity index (χ4n) is 3.29. The van der Waals surface area contributed by atoms with Gasteiger partial charge in [0.1, 0.15) is 23.1 Å². The third kappa shape index (κ3) is 5.03. The van der Waals surface area contributed by atoms with Gasteiger partial charge in [-0.3, -0.25) is 4.79 Å². The van der Waals surface area contributed by atoms with Gasteiger partial charge < -0.3 is 16.4 Å². The number of sulfone groups is 1. The van der Waals surface area contributed by atoms with Crippen LogP contribution in [0.15, 0.2) is 35.2 Å². The van der Waals surface area contributed by atoms with Gasteiger partial charge in [0.15, 0.2) is 9.84 Å². The van der Waals surface area contributed by atoms with Crippen LogP contribution in [-0.4, -0.2) is 31.6 Å². The van der Waals surface area contributed by atoms with E-state index in [1.807, 2.05) is 6.07 Å². The first-order chi connectivity index (χ1) is 13.8. The van der Waals surface area contributed by atoms with Gasteiger partial charge in [-0.15, -0.1) is 0 Å². The van der Waals surface area contributed by atoms with Gasteiger partial charge >= 0.3 is 0 Å². The minimum absolute atomic E-state index is 0.120. The largest absolute Gasteiger partial charge is 0.397 e. The standard InChI is InChI=1S/C20H23N5O3S/c1-29(27,28)15-8-6-13(7-9-15)12-23-20(26)18-10-17(22)16(11-21)19(25-18)24-14-4-2-3-5-14/h6-10,14H,2-5,12H2,1H3,(H,23,26)(H3,22,24,25). The maximum atomic E-state index is 12.5. The topological polar surface area (TPSA) is 138 Å². The van der Waals surface area contributed by atoms with E-state index in [0.717, 1.165) is 37.5 Å². The number of nitrogens with zero attached hydrogens (tertiary/aromatic N) is 2. The molecule has 3 rings (SSSR count). The van der Waals surface area contributed by atoms with E-state index in [1.54, 1.807) is 12.1 Å². The summed E-state index contributed by atoms with van der Waals surface area (Å²) >= 11 is 0. The van der Waals surface area contributed by atoms with Crippen molar-refractivity contribution < 1.29 is 13.2 Å². The zero-order valence-corrected chi connectivity index (χ0v) is 16.9. The fraction of sp³-hybridized carbons (Fsp3) is 0.350. The van der Waals surface area contributed by atoms with Crippen molar-refractivity contribution in [2.45, 2.75) is 43.2 Å². The third-order valence-corrected chi connectivity index (χ3v) is 6.02. The first-order valence-electron chi connectivity index (χ1n) is 9.32. The van der Waals surface area contributed by atoms with Gasteiger partial charge in [0, 0.05) is 18.8 Å². The Labute approximate surface area is 170 Å². The Morgan fingerprint density at radius 2 is 1.93 bits per heavy atom. The van der Waals surface area contributed by atoms with Crippen molar-refractivity contribution in [3.8, 4) is 6.07 Å². The molecule has 0 atom stereocenters. The van der Waals surface area contributed by atoms with Gasteiger partial charge in [-0.2, -0.15) is 5.26 Å². The average molecular weight is 414 g/mol. The molecule has 1 fully saturated rings. The molecular formula is C20H23N5O3S. The first kappa shape index (κ1) is 20.6. The second-order valence-corrected chi connectivity index (χ2v) is 9.17. The summed E-state index contributed by atoms with van der Waals surface area (Å²) in [4.78, 5) is 17.1. The van der Waals surface area contributed by atoms with Crippen molar-refractivity contribution in [1.29, 1.82) is 5.26 Å². The number of nitrogens with one attached hydrogen (secondary N) is 2. The van der Waals surface area contributed by atoms with Crippen molar-refractivity contribution in [2.75, 3.05) is 17.3 Å². The Morgan fingerprint density at radius 3 is 2.52 bits per heavy atom. The Hall–Kier alpha value is -3.12. The molecule has 9 heteroatoms. The molecule has 29 heavy (non-hydrogen) atoms. The maximum absolute atomic E-state index is 12.5. The lowest BCUT2D eigenvalue weighted by atomic mass is 10.1. The van der Waals surface area contributed by atoms with Gasteiger partial charge in [-0.05, 0) is 36.6 Å². The Kier molecular flexibility index (Phi) is 6.03. The van der Waals surface area contributed by atoms with Gasteiger partial charge in [-0.25, -0.2) is 13.4 Å². The summed E-state index contributed by atoms with van der Waals surface area (Å²) in [5.74, 6) is -0.0927. The van der Waals surface area contributed by atoms with E-state index in [-0.39, 0.29) is 34.4 Å². The minimum atomic E-state index is -3.26. The number of carbonyl (C=O) groups excluding carboxylic acids is 1. The fourth-order valence-corrected chi connectivity index (χ4v) is 3.92. The number of hydrogen-bond acceptors (Lipinski definition) is 7. The van der Waals surface area contributed by atoms with Crippen LogP contribution in [0.4, 0.5) is 11.5 Å². The predicted octanol–water partition coefficient (Wildman–Crippen LogP) is 2.22. The molecule has 2 aromatic rings. The quantitative estimate of drug-likeness (QED) is 0.660. The molecule has 0 radical (unpaired) electrons. The number of anilines is 2. The van der Waals surface area contributed by atoms with E-state index in [2.05, 4.69) is 15.6 Å². The second-order valence-electron chi connectivity index (χ2n) is 7.16. The van der Waals surface area contributed by atoms with E-state index in [0.29, 0.717) is 5.82 Å². The van der Waals surface area contributed by atoms with Crippen LogP contribution in [0.1, 0.15) is 47.3 Å². The van der Waals surface area contributed by atoms with E-state index in [1.165, 1.54) is 18.2 Å². The van der Waals surface area contributed by atoms with Crippen LogP contribution in [-0.2, 0) is 16.4 Å². The zero-order chi connectivity index (χ0) is 21.0. The van der Waals surface area contributed by atoms with E-state index >= 15 is 0 Å². The minimum Gasteiger partial charge on any atom is -0.397 e. The van der Waals surface area contributed by atoms with Crippen molar-refractivity contribution in [3.05, 3.63) is 47.2 Å². The van der Waals surface area contributed by atoms with Gasteiger partial charge in [0.25, 0.3) is 5.91 Å². The lowest BCUT2D eigenvalue weighted by Gasteiger charge is -2.16. The molecular weight excluding hydrogens is 390 g/mol. The molecule has 8 nitrogen and oxygen atoms in total. The number of nitriles is 1. The number of amides is 1. The van der Waals surface area contributed by atoms with Crippen molar-refractivity contribution in [1.82, 2.24) is 10.3 Å². The summed E-state index contributed by atoms with van der Waals surface area (Å²) in [6.07, 6.45) is 5.36. The summed E-state index contributed by atoms with van der Waals surface area (Å²) in [7, 11) is -3.26. The number of benzene rings is 1. The Balaban J connectivity index is 1.73. The van der Waals surface area contributed by atoms with Gasteiger partial charge in [-0.1, -0.05) is 25.0 Å². The van der Waals surface area contributed by atoms with Crippen LogP contribution >= 0.6 is 0 Å². The predicted molar refractivity (Wildman–Crippen MR) is 110 cm³/mol. The van der Waals surface area contributed by atoms with E-state index < -0.39 is 15.7 Å². The van der Waals surface area contributed by atoms with Crippen molar-refractivity contribution in [3.63, 3.8) is 0 Å². The van der Waals surface area contributed by atoms with Crippen LogP contribution < -0.4 is 16.4 Å². The van der Waals surface area contributed by atoms with Crippen molar-refractivity contribution >= 4 is 27.2 Å². The maximum Gasteiger partial charge on any atom is 0.270 e. The lowest BCUT2D eigenvalue weighted by molar-refractivity contribution is 0.0946. The SMILES string of the molecule is CS(=O)(=O)c1ccc(CNC(=O)c2cc(N)c(C#N)c(NC3CCCC3)n2)cc1. The smallest absolute Gasteiger partial charge is 0.270 e. The zero-order valence-electron chi connectivity index (χ0n) is 16.1. The molecule has 0 saturated heterocycles. The summed E-state index contributed by atoms with van der Waals surface area (Å²) in [5, 5.41) is 15.4. The molecule has 0 spiro atoms. The van der Waals surface area contributed by atoms with Crippen LogP contribution in [0.5, 0.6) is 0 Å². The Bertz CT molecular complexity index is 1050. The molecule has 1 saturated carbocycles. The molecule has 1 aliphatic carbocycles. The van der Waals surface area contributed by atoms with E-state index in [9.17, 15) is 18.5 Å². The molecule has 0 bridgehead atoms. The molecule has 152 valence electrons. The first-order valence-corrected chi connectivity index (χ1v) is 11.2. The number of nitrogens with two attached hydrogens (primary N) is 1. The molecule has 1 aliphatic rings. The molecule has 0 unspecified atom stereocenters. The van der Waals surface area contributed by atoms with Gasteiger partial charge in [0.2, 0.25) is 0 Å². The van der Waals surface area contributed by atoms with Crippen molar-refractivity contribution in [2.24, 2.45) is 0 Å². The number of nitrogen functional groups attached to an aromatic ring is 1. The summed E-state index contributed by atoms with van der Waals surface area (Å²) in [6, 6.07) is 9.94. The summed E-state index contributed by atoms with van der Waals surface area (Å²) < 4.78 is 23.0. The van der Waals surface area contributed by atoms with Crippen LogP contribution in [0, 0.1) is 11.3 Å². The molecule has 1 amide bonds. The highest BCUT2D eigenvalue weighted by atomic mass is 32.2. The molecule has 1 heterocycles. The third-order valence-electron chi connectivity index (χ3n) is 4.89. The van der Waals surface area contributed by atoms with Crippen LogP contribution in [0.2, 0.25) is 0 Å². The van der Waals surface area contributed by atoms with Crippen LogP contribution in [0.25, 0.3) is 0 Å². The molecule has 0 aliphatic heterocycles. The monoisotopic (exact) mass is 413 g/mol.